The summed E-state index contributed by atoms with van der Waals surface area (Å²) in [7, 11) is 0. The fraction of sp³-hybridized carbons (Fsp3) is 0.579. The lowest BCUT2D eigenvalue weighted by Gasteiger charge is -2.42. The molecule has 2 fully saturated rings. The van der Waals surface area contributed by atoms with Gasteiger partial charge in [0.15, 0.2) is 0 Å². The van der Waals surface area contributed by atoms with Crippen molar-refractivity contribution in [1.82, 2.24) is 14.7 Å². The van der Waals surface area contributed by atoms with Gasteiger partial charge in [0.2, 0.25) is 11.8 Å². The molecule has 2 atom stereocenters. The van der Waals surface area contributed by atoms with Gasteiger partial charge in [-0.15, -0.1) is 0 Å². The third-order valence-electron chi connectivity index (χ3n) is 5.16. The van der Waals surface area contributed by atoms with Gasteiger partial charge in [-0.3, -0.25) is 14.5 Å². The normalized spacial score (nSPS) is 24.6. The van der Waals surface area contributed by atoms with Crippen LogP contribution in [0.1, 0.15) is 18.9 Å². The van der Waals surface area contributed by atoms with Crippen LogP contribution in [0, 0.1) is 0 Å². The van der Waals surface area contributed by atoms with E-state index in [2.05, 4.69) is 4.90 Å². The zero-order valence-corrected chi connectivity index (χ0v) is 14.8. The van der Waals surface area contributed by atoms with Crippen LogP contribution in [-0.4, -0.2) is 83.0 Å². The second-order valence-electron chi connectivity index (χ2n) is 7.07. The summed E-state index contributed by atoms with van der Waals surface area (Å²) in [6, 6.07) is 9.75. The molecule has 0 spiro atoms. The van der Waals surface area contributed by atoms with Crippen LogP contribution in [-0.2, 0) is 16.0 Å². The molecule has 25 heavy (non-hydrogen) atoms. The number of amides is 2. The maximum Gasteiger partial charge on any atom is 0.227 e. The molecular weight excluding hydrogens is 318 g/mol. The van der Waals surface area contributed by atoms with E-state index in [0.29, 0.717) is 39.1 Å². The summed E-state index contributed by atoms with van der Waals surface area (Å²) < 4.78 is 0. The van der Waals surface area contributed by atoms with Crippen LogP contribution in [0.4, 0.5) is 0 Å². The first kappa shape index (κ1) is 17.9. The van der Waals surface area contributed by atoms with Crippen LogP contribution >= 0.6 is 0 Å². The third kappa shape index (κ3) is 4.58. The number of piperazine rings is 1. The zero-order valence-electron chi connectivity index (χ0n) is 14.8. The molecule has 2 aliphatic heterocycles. The van der Waals surface area contributed by atoms with Gasteiger partial charge in [-0.25, -0.2) is 0 Å². The quantitative estimate of drug-likeness (QED) is 0.856. The number of carbonyl (C=O) groups is 2. The molecule has 2 saturated heterocycles. The number of aliphatic hydroxyl groups excluding tert-OH is 1. The van der Waals surface area contributed by atoms with Gasteiger partial charge < -0.3 is 14.9 Å². The van der Waals surface area contributed by atoms with Crippen LogP contribution in [0.5, 0.6) is 0 Å². The van der Waals surface area contributed by atoms with Gasteiger partial charge in [-0.2, -0.15) is 0 Å². The van der Waals surface area contributed by atoms with E-state index in [9.17, 15) is 14.7 Å². The first-order valence-corrected chi connectivity index (χ1v) is 9.02. The molecule has 2 heterocycles. The lowest BCUT2D eigenvalue weighted by Crippen LogP contribution is -2.59. The topological polar surface area (TPSA) is 64.1 Å². The Hall–Kier alpha value is -1.92. The van der Waals surface area contributed by atoms with Crippen LogP contribution in [0.3, 0.4) is 0 Å². The maximum atomic E-state index is 12.8. The Balaban J connectivity index is 1.68. The molecule has 1 aromatic rings. The van der Waals surface area contributed by atoms with Gasteiger partial charge in [0, 0.05) is 46.2 Å². The van der Waals surface area contributed by atoms with E-state index in [-0.39, 0.29) is 24.0 Å². The summed E-state index contributed by atoms with van der Waals surface area (Å²) in [5.41, 5.74) is 1.01. The highest BCUT2D eigenvalue weighted by Gasteiger charge is 2.34. The number of hydrogen-bond acceptors (Lipinski definition) is 4. The van der Waals surface area contributed by atoms with Crippen molar-refractivity contribution < 1.29 is 14.7 Å². The van der Waals surface area contributed by atoms with Crippen LogP contribution in [0.25, 0.3) is 0 Å². The fourth-order valence-electron chi connectivity index (χ4n) is 3.77. The highest BCUT2D eigenvalue weighted by Crippen LogP contribution is 2.17. The summed E-state index contributed by atoms with van der Waals surface area (Å²) in [6.07, 6.45) is 0.891. The molecule has 0 unspecified atom stereocenters. The molecule has 1 aromatic carbocycles. The Kier molecular flexibility index (Phi) is 5.71. The summed E-state index contributed by atoms with van der Waals surface area (Å²) in [6.45, 7) is 5.53. The first-order valence-electron chi connectivity index (χ1n) is 9.02. The average Bonchev–Trinajstić information content (AvgIpc) is 3.00. The second-order valence-corrected chi connectivity index (χ2v) is 7.07. The number of likely N-dealkylation sites (tertiary alicyclic amines) is 1. The van der Waals surface area contributed by atoms with Crippen molar-refractivity contribution in [2.45, 2.75) is 31.9 Å². The smallest absolute Gasteiger partial charge is 0.227 e. The second kappa shape index (κ2) is 7.97. The highest BCUT2D eigenvalue weighted by atomic mass is 16.3. The van der Waals surface area contributed by atoms with Crippen molar-refractivity contribution in [2.75, 3.05) is 39.3 Å². The average molecular weight is 345 g/mol. The van der Waals surface area contributed by atoms with Crippen LogP contribution in [0.2, 0.25) is 0 Å². The van der Waals surface area contributed by atoms with E-state index in [4.69, 9.17) is 0 Å². The number of hydrogen-bond donors (Lipinski definition) is 1. The molecule has 136 valence electrons. The van der Waals surface area contributed by atoms with Gasteiger partial charge in [0.05, 0.1) is 18.6 Å². The largest absolute Gasteiger partial charge is 0.392 e. The Morgan fingerprint density at radius 3 is 2.52 bits per heavy atom. The zero-order chi connectivity index (χ0) is 17.8. The summed E-state index contributed by atoms with van der Waals surface area (Å²) in [4.78, 5) is 30.6. The lowest BCUT2D eigenvalue weighted by molar-refractivity contribution is -0.142. The summed E-state index contributed by atoms with van der Waals surface area (Å²) >= 11 is 0. The molecule has 3 rings (SSSR count). The molecule has 0 saturated carbocycles. The minimum absolute atomic E-state index is 0.0147. The van der Waals surface area contributed by atoms with Crippen LogP contribution < -0.4 is 0 Å². The number of carbonyl (C=O) groups excluding carboxylic acids is 2. The summed E-state index contributed by atoms with van der Waals surface area (Å²) in [5.74, 6) is 0.167. The highest BCUT2D eigenvalue weighted by molar-refractivity contribution is 5.80. The Bertz CT molecular complexity index is 607. The Morgan fingerprint density at radius 1 is 1.12 bits per heavy atom. The standard InChI is InChI=1S/C19H27N3O3/c1-15(23)21-9-10-22(19(25)11-16-5-3-2-4-6-16)17(13-21)12-20-8-7-18(24)14-20/h2-6,17-18,24H,7-14H2,1H3/t17-,18+/m1/s1. The van der Waals surface area contributed by atoms with Gasteiger partial charge in [-0.05, 0) is 12.0 Å². The SMILES string of the molecule is CC(=O)N1CCN(C(=O)Cc2ccccc2)[C@H](CN2CC[C@H](O)C2)C1. The molecule has 0 bridgehead atoms. The maximum absolute atomic E-state index is 12.8. The van der Waals surface area contributed by atoms with E-state index in [1.165, 1.54) is 0 Å². The number of aliphatic hydroxyl groups is 1. The van der Waals surface area contributed by atoms with Gasteiger partial charge >= 0.3 is 0 Å². The molecular formula is C19H27N3O3. The molecule has 2 amide bonds. The number of nitrogens with zero attached hydrogens (tertiary/aromatic N) is 3. The summed E-state index contributed by atoms with van der Waals surface area (Å²) in [5, 5.41) is 9.75. The first-order chi connectivity index (χ1) is 12.0. The molecule has 2 aliphatic rings. The van der Waals surface area contributed by atoms with Gasteiger partial charge in [0.1, 0.15) is 0 Å². The van der Waals surface area contributed by atoms with Crippen molar-refractivity contribution in [3.63, 3.8) is 0 Å². The van der Waals surface area contributed by atoms with Crippen molar-refractivity contribution in [3.8, 4) is 0 Å². The number of β-amino-alcohol motifs (C(OH)–C–C–N with tert-alkyl or cyclic N) is 1. The van der Waals surface area contributed by atoms with E-state index in [1.807, 2.05) is 40.1 Å². The van der Waals surface area contributed by atoms with Crippen molar-refractivity contribution in [1.29, 1.82) is 0 Å². The molecule has 0 aromatic heterocycles. The van der Waals surface area contributed by atoms with Crippen LogP contribution in [0.15, 0.2) is 30.3 Å². The Labute approximate surface area is 149 Å². The molecule has 6 heteroatoms. The predicted molar refractivity (Wildman–Crippen MR) is 95.0 cm³/mol. The Morgan fingerprint density at radius 2 is 1.88 bits per heavy atom. The fourth-order valence-corrected chi connectivity index (χ4v) is 3.77. The molecule has 0 aliphatic carbocycles. The molecule has 0 radical (unpaired) electrons. The monoisotopic (exact) mass is 345 g/mol. The van der Waals surface area contributed by atoms with E-state index < -0.39 is 0 Å². The van der Waals surface area contributed by atoms with Crippen molar-refractivity contribution in [3.05, 3.63) is 35.9 Å². The van der Waals surface area contributed by atoms with Gasteiger partial charge in [-0.1, -0.05) is 30.3 Å². The van der Waals surface area contributed by atoms with E-state index in [1.54, 1.807) is 6.92 Å². The molecule has 1 N–H and O–H groups in total. The van der Waals surface area contributed by atoms with Crippen molar-refractivity contribution in [2.24, 2.45) is 0 Å². The van der Waals surface area contributed by atoms with E-state index in [0.717, 1.165) is 18.5 Å². The number of benzene rings is 1. The minimum atomic E-state index is -0.277. The number of rotatable bonds is 4. The minimum Gasteiger partial charge on any atom is -0.392 e. The van der Waals surface area contributed by atoms with E-state index >= 15 is 0 Å². The van der Waals surface area contributed by atoms with Gasteiger partial charge in [0.25, 0.3) is 0 Å². The molecule has 6 nitrogen and oxygen atoms in total. The lowest BCUT2D eigenvalue weighted by atomic mass is 10.1. The predicted octanol–water partition coefficient (Wildman–Crippen LogP) is 0.355. The van der Waals surface area contributed by atoms with Crippen molar-refractivity contribution >= 4 is 11.8 Å². The third-order valence-corrected chi connectivity index (χ3v) is 5.16.